The molecule has 2 heterocycles. The second-order valence-corrected chi connectivity index (χ2v) is 20.5. The highest BCUT2D eigenvalue weighted by Gasteiger charge is 2.48. The van der Waals surface area contributed by atoms with E-state index in [0.29, 0.717) is 0 Å². The van der Waals surface area contributed by atoms with Gasteiger partial charge < -0.3 is 9.71 Å². The molecule has 12 rings (SSSR count). The zero-order valence-electron chi connectivity index (χ0n) is 39.4. The Kier molecular flexibility index (Phi) is 9.59. The van der Waals surface area contributed by atoms with Crippen molar-refractivity contribution in [3.63, 3.8) is 0 Å². The molecule has 0 aromatic heterocycles. The molecule has 0 saturated heterocycles. The van der Waals surface area contributed by atoms with Gasteiger partial charge >= 0.3 is 6.85 Å². The van der Waals surface area contributed by atoms with Gasteiger partial charge in [0.05, 0.1) is 0 Å². The minimum Gasteiger partial charge on any atom is -0.376 e. The summed E-state index contributed by atoms with van der Waals surface area (Å²) in [7, 11) is 0. The largest absolute Gasteiger partial charge is 0.376 e. The minimum absolute atomic E-state index is 0.0115. The van der Waals surface area contributed by atoms with Crippen LogP contribution in [-0.2, 0) is 10.8 Å². The summed E-state index contributed by atoms with van der Waals surface area (Å²) in [6, 6.07) is 75.3. The van der Waals surface area contributed by atoms with Crippen LogP contribution in [0.15, 0.2) is 200 Å². The van der Waals surface area contributed by atoms with E-state index in [4.69, 9.17) is 0 Å². The van der Waals surface area contributed by atoms with Crippen LogP contribution in [0.2, 0.25) is 0 Å². The van der Waals surface area contributed by atoms with Gasteiger partial charge in [0, 0.05) is 34.0 Å². The van der Waals surface area contributed by atoms with Gasteiger partial charge in [0.15, 0.2) is 0 Å². The van der Waals surface area contributed by atoms with Crippen LogP contribution in [-0.4, -0.2) is 6.85 Å². The first-order chi connectivity index (χ1) is 32.5. The summed E-state index contributed by atoms with van der Waals surface area (Å²) in [5, 5.41) is 0. The molecule has 0 saturated carbocycles. The Balaban J connectivity index is 1.21. The lowest BCUT2D eigenvalue weighted by Gasteiger charge is -2.49. The highest BCUT2D eigenvalue weighted by molar-refractivity contribution is 6.93. The Morgan fingerprint density at radius 2 is 0.881 bits per heavy atom. The SMILES string of the molecule is Cc1ccccc1-c1cc2c3c(c1)N(c1cc(-c4ccccc4)ccc1C)c1cc4c(cc1B3N(c1ccc(-c3ccccc3)cc1)c1cc(-c3ccccc3)ccc1-2)C(C)(C)CCC4(C)C. The van der Waals surface area contributed by atoms with Gasteiger partial charge in [-0.3, -0.25) is 0 Å². The van der Waals surface area contributed by atoms with E-state index >= 15 is 0 Å². The predicted molar refractivity (Wildman–Crippen MR) is 287 cm³/mol. The molecule has 9 aromatic rings. The molecule has 67 heavy (non-hydrogen) atoms. The van der Waals surface area contributed by atoms with E-state index in [2.05, 4.69) is 251 Å². The van der Waals surface area contributed by atoms with Crippen LogP contribution in [0.25, 0.3) is 55.6 Å². The molecule has 0 spiro atoms. The van der Waals surface area contributed by atoms with Crippen molar-refractivity contribution < 1.29 is 0 Å². The lowest BCUT2D eigenvalue weighted by atomic mass is 9.42. The molecule has 0 bridgehead atoms. The van der Waals surface area contributed by atoms with Crippen LogP contribution < -0.4 is 20.6 Å². The van der Waals surface area contributed by atoms with E-state index in [9.17, 15) is 0 Å². The summed E-state index contributed by atoms with van der Waals surface area (Å²) in [6.45, 7) is 14.3. The van der Waals surface area contributed by atoms with Crippen LogP contribution in [0.5, 0.6) is 0 Å². The molecule has 0 fully saturated rings. The van der Waals surface area contributed by atoms with Gasteiger partial charge in [0.2, 0.25) is 0 Å². The molecule has 0 amide bonds. The number of hydrogen-bond acceptors (Lipinski definition) is 2. The van der Waals surface area contributed by atoms with Crippen LogP contribution in [0.3, 0.4) is 0 Å². The van der Waals surface area contributed by atoms with Crippen molar-refractivity contribution >= 4 is 46.2 Å². The molecular formula is C64H55BN2. The predicted octanol–water partition coefficient (Wildman–Crippen LogP) is 16.0. The maximum Gasteiger partial charge on any atom is 0.333 e. The van der Waals surface area contributed by atoms with Gasteiger partial charge in [0.25, 0.3) is 0 Å². The molecule has 0 N–H and O–H groups in total. The third kappa shape index (κ3) is 6.78. The number of nitrogens with zero attached hydrogens (tertiary/aromatic N) is 2. The Labute approximate surface area is 397 Å². The Morgan fingerprint density at radius 1 is 0.373 bits per heavy atom. The molecular weight excluding hydrogens is 808 g/mol. The van der Waals surface area contributed by atoms with Crippen LogP contribution in [0.4, 0.5) is 28.4 Å². The van der Waals surface area contributed by atoms with Gasteiger partial charge in [0.1, 0.15) is 0 Å². The quantitative estimate of drug-likeness (QED) is 0.154. The Morgan fingerprint density at radius 3 is 1.51 bits per heavy atom. The lowest BCUT2D eigenvalue weighted by molar-refractivity contribution is 0.332. The highest BCUT2D eigenvalue weighted by atomic mass is 15.2. The van der Waals surface area contributed by atoms with E-state index in [1.54, 1.807) is 0 Å². The van der Waals surface area contributed by atoms with Crippen LogP contribution in [0, 0.1) is 13.8 Å². The molecule has 2 aliphatic heterocycles. The first-order valence-electron chi connectivity index (χ1n) is 24.1. The van der Waals surface area contributed by atoms with E-state index in [1.807, 2.05) is 0 Å². The van der Waals surface area contributed by atoms with Crippen molar-refractivity contribution in [1.29, 1.82) is 0 Å². The van der Waals surface area contributed by atoms with Gasteiger partial charge in [-0.05, 0) is 163 Å². The number of anilines is 5. The lowest BCUT2D eigenvalue weighted by Crippen LogP contribution is -2.62. The zero-order chi connectivity index (χ0) is 45.6. The van der Waals surface area contributed by atoms with Crippen molar-refractivity contribution in [1.82, 2.24) is 0 Å². The third-order valence-electron chi connectivity index (χ3n) is 15.4. The zero-order valence-corrected chi connectivity index (χ0v) is 39.4. The number of aryl methyl sites for hydroxylation is 2. The number of benzene rings is 9. The average Bonchev–Trinajstić information content (AvgIpc) is 3.36. The van der Waals surface area contributed by atoms with Crippen molar-refractivity contribution in [2.75, 3.05) is 9.71 Å². The summed E-state index contributed by atoms with van der Waals surface area (Å²) < 4.78 is 0. The Bertz CT molecular complexity index is 3370. The third-order valence-corrected chi connectivity index (χ3v) is 15.4. The van der Waals surface area contributed by atoms with E-state index in [-0.39, 0.29) is 17.7 Å². The number of rotatable bonds is 6. The molecule has 0 radical (unpaired) electrons. The van der Waals surface area contributed by atoms with E-state index < -0.39 is 0 Å². The molecule has 1 aliphatic carbocycles. The highest BCUT2D eigenvalue weighted by Crippen LogP contribution is 2.53. The van der Waals surface area contributed by atoms with Crippen molar-refractivity contribution in [2.24, 2.45) is 0 Å². The monoisotopic (exact) mass is 862 g/mol. The second kappa shape index (κ2) is 15.6. The number of hydrogen-bond donors (Lipinski definition) is 0. The normalized spacial score (nSPS) is 15.0. The average molecular weight is 863 g/mol. The van der Waals surface area contributed by atoms with Gasteiger partial charge in [-0.25, -0.2) is 0 Å². The smallest absolute Gasteiger partial charge is 0.333 e. The maximum absolute atomic E-state index is 2.69. The standard InChI is InChI=1S/C64H55BN2/c1-42-18-16-17-25-52(42)50-36-54-53-33-30-49(46-23-14-9-15-24-46)38-59(53)67(51-31-28-47(29-32-51)44-19-10-7-11-20-44)65-57-40-55-56(64(5,6)35-34-63(55,3)4)41-60(57)66(61(39-50)62(54)65)58-37-48(27-26-43(58)2)45-21-12-8-13-22-45/h7-33,36-41H,34-35H2,1-6H3. The topological polar surface area (TPSA) is 6.48 Å². The number of fused-ring (bicyclic) bond motifs is 5. The van der Waals surface area contributed by atoms with Crippen molar-refractivity contribution in [3.8, 4) is 55.6 Å². The van der Waals surface area contributed by atoms with Gasteiger partial charge in [-0.15, -0.1) is 0 Å². The van der Waals surface area contributed by atoms with Crippen LogP contribution >= 0.6 is 0 Å². The first kappa shape index (κ1) is 41.1. The Hall–Kier alpha value is -7.36. The fourth-order valence-corrected chi connectivity index (χ4v) is 11.5. The maximum atomic E-state index is 2.69. The molecule has 324 valence electrons. The van der Waals surface area contributed by atoms with Crippen molar-refractivity contribution in [3.05, 3.63) is 222 Å². The molecule has 3 heteroatoms. The fourth-order valence-electron chi connectivity index (χ4n) is 11.5. The van der Waals surface area contributed by atoms with Gasteiger partial charge in [-0.2, -0.15) is 0 Å². The fraction of sp³-hybridized carbons (Fsp3) is 0.156. The van der Waals surface area contributed by atoms with E-state index in [0.717, 1.165) is 12.8 Å². The molecule has 0 atom stereocenters. The molecule has 3 aliphatic rings. The first-order valence-corrected chi connectivity index (χ1v) is 24.1. The summed E-state index contributed by atoms with van der Waals surface area (Å²) in [6.07, 6.45) is 2.29. The van der Waals surface area contributed by atoms with Crippen molar-refractivity contribution in [2.45, 2.75) is 65.2 Å². The molecule has 0 unspecified atom stereocenters. The van der Waals surface area contributed by atoms with E-state index in [1.165, 1.54) is 117 Å². The summed E-state index contributed by atoms with van der Waals surface area (Å²) in [5.41, 5.74) is 26.6. The summed E-state index contributed by atoms with van der Waals surface area (Å²) in [4.78, 5) is 5.35. The molecule has 9 aromatic carbocycles. The molecule has 2 nitrogen and oxygen atoms in total. The second-order valence-electron chi connectivity index (χ2n) is 20.5. The summed E-state index contributed by atoms with van der Waals surface area (Å²) >= 11 is 0. The van der Waals surface area contributed by atoms with Crippen LogP contribution in [0.1, 0.15) is 62.8 Å². The minimum atomic E-state index is -0.119. The van der Waals surface area contributed by atoms with Gasteiger partial charge in [-0.1, -0.05) is 185 Å². The summed E-state index contributed by atoms with van der Waals surface area (Å²) in [5.74, 6) is 0.